The zero-order chi connectivity index (χ0) is 19.6. The molecule has 27 heavy (non-hydrogen) atoms. The fourth-order valence-corrected chi connectivity index (χ4v) is 3.63. The minimum Gasteiger partial charge on any atom is -0.506 e. The number of unbranched alkanes of at least 4 members (excludes halogenated alkanes) is 1. The first-order valence-corrected chi connectivity index (χ1v) is 9.65. The van der Waals surface area contributed by atoms with E-state index in [1.165, 1.54) is 0 Å². The Hall–Kier alpha value is -2.60. The Bertz CT molecular complexity index is 1070. The van der Waals surface area contributed by atoms with E-state index in [-0.39, 0.29) is 11.3 Å². The summed E-state index contributed by atoms with van der Waals surface area (Å²) < 4.78 is 2.28. The molecule has 0 atom stereocenters. The number of aromatic nitrogens is 1. The monoisotopic (exact) mass is 428 g/mol. The van der Waals surface area contributed by atoms with E-state index < -0.39 is 11.5 Å². The lowest BCUT2D eigenvalue weighted by molar-refractivity contribution is 0.102. The van der Waals surface area contributed by atoms with E-state index >= 15 is 0 Å². The third kappa shape index (κ3) is 3.76. The van der Waals surface area contributed by atoms with Gasteiger partial charge in [-0.3, -0.25) is 9.59 Å². The predicted octanol–water partition coefficient (Wildman–Crippen LogP) is 4.83. The lowest BCUT2D eigenvalue weighted by Crippen LogP contribution is -2.30. The van der Waals surface area contributed by atoms with Crippen LogP contribution in [0.5, 0.6) is 5.75 Å². The largest absolute Gasteiger partial charge is 0.506 e. The van der Waals surface area contributed by atoms with Gasteiger partial charge in [0, 0.05) is 16.4 Å². The van der Waals surface area contributed by atoms with Gasteiger partial charge in [0.15, 0.2) is 0 Å². The number of carbonyl (C=O) groups excluding carboxylic acids is 1. The van der Waals surface area contributed by atoms with E-state index in [4.69, 9.17) is 0 Å². The maximum absolute atomic E-state index is 13.0. The Labute approximate surface area is 165 Å². The van der Waals surface area contributed by atoms with Gasteiger partial charge in [0.05, 0.1) is 11.2 Å². The summed E-state index contributed by atoms with van der Waals surface area (Å²) in [6.45, 7) is 4.47. The number of anilines is 1. The Balaban J connectivity index is 2.12. The number of hydrogen-bond donors (Lipinski definition) is 2. The smallest absolute Gasteiger partial charge is 0.267 e. The van der Waals surface area contributed by atoms with Crippen LogP contribution in [0, 0.1) is 6.92 Å². The normalized spacial score (nSPS) is 10.9. The SMILES string of the molecule is CCCCn1c(=O)c(C(=O)Nc2ccc(C)cc2Br)c(O)c2ccccc21. The first-order valence-electron chi connectivity index (χ1n) is 8.86. The standard InChI is InChI=1S/C21H21BrN2O3/c1-3-4-11-24-17-8-6-5-7-14(17)19(25)18(21(24)27)20(26)23-16-10-9-13(2)12-15(16)22/h5-10,12,25H,3-4,11H2,1-2H3,(H,23,26). The molecule has 140 valence electrons. The van der Waals surface area contributed by atoms with Gasteiger partial charge in [-0.15, -0.1) is 0 Å². The van der Waals surface area contributed by atoms with Crippen molar-refractivity contribution in [3.05, 3.63) is 68.4 Å². The lowest BCUT2D eigenvalue weighted by Gasteiger charge is -2.15. The summed E-state index contributed by atoms with van der Waals surface area (Å²) in [5.74, 6) is -0.915. The van der Waals surface area contributed by atoms with Crippen LogP contribution < -0.4 is 10.9 Å². The van der Waals surface area contributed by atoms with Gasteiger partial charge >= 0.3 is 0 Å². The van der Waals surface area contributed by atoms with E-state index in [0.29, 0.717) is 27.6 Å². The van der Waals surface area contributed by atoms with Gasteiger partial charge in [-0.1, -0.05) is 31.5 Å². The number of benzene rings is 2. The molecule has 6 heteroatoms. The molecule has 0 saturated carbocycles. The summed E-state index contributed by atoms with van der Waals surface area (Å²) >= 11 is 3.41. The highest BCUT2D eigenvalue weighted by Crippen LogP contribution is 2.28. The summed E-state index contributed by atoms with van der Waals surface area (Å²) in [5, 5.41) is 13.9. The maximum Gasteiger partial charge on any atom is 0.267 e. The average Bonchev–Trinajstić information content (AvgIpc) is 2.64. The van der Waals surface area contributed by atoms with Crippen LogP contribution in [0.3, 0.4) is 0 Å². The minimum atomic E-state index is -0.627. The quantitative estimate of drug-likeness (QED) is 0.610. The van der Waals surface area contributed by atoms with Crippen molar-refractivity contribution in [1.82, 2.24) is 4.57 Å². The van der Waals surface area contributed by atoms with Crippen molar-refractivity contribution >= 4 is 38.4 Å². The van der Waals surface area contributed by atoms with Crippen molar-refractivity contribution in [2.75, 3.05) is 5.32 Å². The van der Waals surface area contributed by atoms with E-state index in [1.54, 1.807) is 28.8 Å². The number of pyridine rings is 1. The van der Waals surface area contributed by atoms with Crippen LogP contribution in [-0.2, 0) is 6.54 Å². The molecule has 3 aromatic rings. The highest BCUT2D eigenvalue weighted by Gasteiger charge is 2.22. The van der Waals surface area contributed by atoms with Gasteiger partial charge in [0.1, 0.15) is 11.3 Å². The third-order valence-corrected chi connectivity index (χ3v) is 5.14. The van der Waals surface area contributed by atoms with Crippen molar-refractivity contribution in [2.45, 2.75) is 33.2 Å². The Morgan fingerprint density at radius 3 is 2.67 bits per heavy atom. The molecule has 0 saturated heterocycles. The molecule has 0 aliphatic heterocycles. The minimum absolute atomic E-state index is 0.239. The number of para-hydroxylation sites is 1. The van der Waals surface area contributed by atoms with Crippen LogP contribution in [-0.4, -0.2) is 15.6 Å². The molecule has 5 nitrogen and oxygen atoms in total. The molecule has 2 N–H and O–H groups in total. The van der Waals surface area contributed by atoms with Crippen molar-refractivity contribution < 1.29 is 9.90 Å². The van der Waals surface area contributed by atoms with Gasteiger partial charge in [-0.05, 0) is 59.1 Å². The van der Waals surface area contributed by atoms with Crippen molar-refractivity contribution in [1.29, 1.82) is 0 Å². The molecule has 1 amide bonds. The van der Waals surface area contributed by atoms with Crippen LogP contribution in [0.2, 0.25) is 0 Å². The summed E-state index contributed by atoms with van der Waals surface area (Å²) in [7, 11) is 0. The number of halogens is 1. The first kappa shape index (κ1) is 19.2. The molecular formula is C21H21BrN2O3. The molecule has 0 aliphatic rings. The van der Waals surface area contributed by atoms with Crippen LogP contribution in [0.15, 0.2) is 51.7 Å². The molecule has 1 heterocycles. The number of aromatic hydroxyl groups is 1. The number of fused-ring (bicyclic) bond motifs is 1. The number of aryl methyl sites for hydroxylation is 2. The second kappa shape index (κ2) is 7.96. The van der Waals surface area contributed by atoms with E-state index in [2.05, 4.69) is 21.2 Å². The first-order chi connectivity index (χ1) is 12.9. The van der Waals surface area contributed by atoms with E-state index in [9.17, 15) is 14.7 Å². The molecule has 0 unspecified atom stereocenters. The molecule has 2 aromatic carbocycles. The van der Waals surface area contributed by atoms with Crippen LogP contribution in [0.1, 0.15) is 35.7 Å². The van der Waals surface area contributed by atoms with Gasteiger partial charge in [0.2, 0.25) is 0 Å². The van der Waals surface area contributed by atoms with Crippen molar-refractivity contribution in [2.24, 2.45) is 0 Å². The van der Waals surface area contributed by atoms with E-state index in [1.807, 2.05) is 32.0 Å². The number of rotatable bonds is 5. The fourth-order valence-electron chi connectivity index (χ4n) is 3.04. The van der Waals surface area contributed by atoms with Gasteiger partial charge in [-0.2, -0.15) is 0 Å². The van der Waals surface area contributed by atoms with Crippen molar-refractivity contribution in [3.8, 4) is 5.75 Å². The number of hydrogen-bond acceptors (Lipinski definition) is 3. The molecule has 3 rings (SSSR count). The topological polar surface area (TPSA) is 71.3 Å². The summed E-state index contributed by atoms with van der Waals surface area (Å²) in [6.07, 6.45) is 1.72. The molecule has 1 aromatic heterocycles. The van der Waals surface area contributed by atoms with Gasteiger partial charge in [0.25, 0.3) is 11.5 Å². The van der Waals surface area contributed by atoms with Crippen LogP contribution in [0.25, 0.3) is 10.9 Å². The second-order valence-electron chi connectivity index (χ2n) is 6.49. The number of carbonyl (C=O) groups is 1. The second-order valence-corrected chi connectivity index (χ2v) is 7.34. The molecular weight excluding hydrogens is 408 g/mol. The van der Waals surface area contributed by atoms with Crippen molar-refractivity contribution in [3.63, 3.8) is 0 Å². The molecule has 0 radical (unpaired) electrons. The number of nitrogens with one attached hydrogen (secondary N) is 1. The fraction of sp³-hybridized carbons (Fsp3) is 0.238. The summed E-state index contributed by atoms with van der Waals surface area (Å²) in [5.41, 5.74) is 1.48. The lowest BCUT2D eigenvalue weighted by atomic mass is 10.1. The Morgan fingerprint density at radius 1 is 1.22 bits per heavy atom. The molecule has 0 spiro atoms. The highest BCUT2D eigenvalue weighted by molar-refractivity contribution is 9.10. The molecule has 0 fully saturated rings. The number of nitrogens with zero attached hydrogens (tertiary/aromatic N) is 1. The molecule has 0 bridgehead atoms. The highest BCUT2D eigenvalue weighted by atomic mass is 79.9. The van der Waals surface area contributed by atoms with Crippen LogP contribution in [0.4, 0.5) is 5.69 Å². The zero-order valence-corrected chi connectivity index (χ0v) is 16.8. The maximum atomic E-state index is 13.0. The van der Waals surface area contributed by atoms with Gasteiger partial charge in [-0.25, -0.2) is 0 Å². The van der Waals surface area contributed by atoms with E-state index in [0.717, 1.165) is 18.4 Å². The Kier molecular flexibility index (Phi) is 5.65. The average molecular weight is 429 g/mol. The molecule has 0 aliphatic carbocycles. The summed E-state index contributed by atoms with van der Waals surface area (Å²) in [6, 6.07) is 12.6. The zero-order valence-electron chi connectivity index (χ0n) is 15.3. The Morgan fingerprint density at radius 2 is 1.96 bits per heavy atom. The van der Waals surface area contributed by atoms with Crippen LogP contribution >= 0.6 is 15.9 Å². The predicted molar refractivity (Wildman–Crippen MR) is 112 cm³/mol. The third-order valence-electron chi connectivity index (χ3n) is 4.48. The number of amides is 1. The summed E-state index contributed by atoms with van der Waals surface area (Å²) in [4.78, 5) is 25.9. The van der Waals surface area contributed by atoms with Gasteiger partial charge < -0.3 is 15.0 Å².